The highest BCUT2D eigenvalue weighted by Gasteiger charge is 2.17. The topological polar surface area (TPSA) is 103 Å². The third-order valence-electron chi connectivity index (χ3n) is 4.70. The molecule has 0 spiro atoms. The van der Waals surface area contributed by atoms with E-state index in [9.17, 15) is 19.2 Å². The van der Waals surface area contributed by atoms with E-state index < -0.39 is 24.0 Å². The van der Waals surface area contributed by atoms with Gasteiger partial charge in [-0.25, -0.2) is 9.59 Å². The third kappa shape index (κ3) is 4.62. The van der Waals surface area contributed by atoms with Crippen LogP contribution in [0.1, 0.15) is 31.1 Å². The number of benzene rings is 3. The normalized spacial score (nSPS) is 10.5. The number of esters is 1. The standard InChI is InChI=1S/C25H17NO6/c27-21(15-31-24(29)20-14-18-8-4-5-9-22(18)32-25(20)30)16-10-12-19(13-11-16)26-23(28)17-6-2-1-3-7-17/h1-14H,15H2,(H,26,28). The second kappa shape index (κ2) is 9.09. The molecule has 0 fully saturated rings. The molecule has 0 atom stereocenters. The number of hydrogen-bond acceptors (Lipinski definition) is 6. The molecule has 4 rings (SSSR count). The summed E-state index contributed by atoms with van der Waals surface area (Å²) in [6.45, 7) is -0.541. The fourth-order valence-corrected chi connectivity index (χ4v) is 3.03. The summed E-state index contributed by atoms with van der Waals surface area (Å²) in [5.41, 5.74) is 0.555. The lowest BCUT2D eigenvalue weighted by Gasteiger charge is -2.07. The van der Waals surface area contributed by atoms with Gasteiger partial charge in [0.15, 0.2) is 12.4 Å². The summed E-state index contributed by atoms with van der Waals surface area (Å²) in [7, 11) is 0. The van der Waals surface area contributed by atoms with Gasteiger partial charge in [0.05, 0.1) is 0 Å². The minimum atomic E-state index is -0.940. The van der Waals surface area contributed by atoms with Crippen LogP contribution in [0.2, 0.25) is 0 Å². The number of ether oxygens (including phenoxy) is 1. The maximum absolute atomic E-state index is 12.4. The minimum absolute atomic E-state index is 0.271. The number of Topliss-reactive ketones (excluding diaryl/α,β-unsaturated/α-hetero) is 1. The summed E-state index contributed by atoms with van der Waals surface area (Å²) in [5.74, 6) is -1.66. The first-order valence-corrected chi connectivity index (χ1v) is 9.71. The number of para-hydroxylation sites is 1. The molecule has 7 heteroatoms. The molecule has 0 saturated carbocycles. The number of carbonyl (C=O) groups excluding carboxylic acids is 3. The van der Waals surface area contributed by atoms with Gasteiger partial charge in [0.1, 0.15) is 11.1 Å². The highest BCUT2D eigenvalue weighted by Crippen LogP contribution is 2.14. The maximum atomic E-state index is 12.4. The highest BCUT2D eigenvalue weighted by molar-refractivity contribution is 6.05. The lowest BCUT2D eigenvalue weighted by molar-refractivity contribution is 0.0470. The van der Waals surface area contributed by atoms with Crippen molar-refractivity contribution in [1.82, 2.24) is 0 Å². The largest absolute Gasteiger partial charge is 0.453 e. The Bertz CT molecular complexity index is 1360. The van der Waals surface area contributed by atoms with Gasteiger partial charge < -0.3 is 14.5 Å². The predicted octanol–water partition coefficient (Wildman–Crippen LogP) is 4.09. The van der Waals surface area contributed by atoms with E-state index >= 15 is 0 Å². The lowest BCUT2D eigenvalue weighted by atomic mass is 10.1. The molecule has 1 amide bonds. The summed E-state index contributed by atoms with van der Waals surface area (Å²) in [6.07, 6.45) is 0. The average molecular weight is 427 g/mol. The number of rotatable bonds is 6. The van der Waals surface area contributed by atoms with Gasteiger partial charge in [0, 0.05) is 22.2 Å². The van der Waals surface area contributed by atoms with Crippen molar-refractivity contribution in [3.05, 3.63) is 112 Å². The van der Waals surface area contributed by atoms with E-state index in [-0.39, 0.29) is 11.5 Å². The van der Waals surface area contributed by atoms with Crippen LogP contribution in [0.3, 0.4) is 0 Å². The Kier molecular flexibility index (Phi) is 5.89. The number of fused-ring (bicyclic) bond motifs is 1. The van der Waals surface area contributed by atoms with Gasteiger partial charge in [-0.3, -0.25) is 9.59 Å². The van der Waals surface area contributed by atoms with Gasteiger partial charge in [0.2, 0.25) is 0 Å². The van der Waals surface area contributed by atoms with Crippen molar-refractivity contribution in [3.63, 3.8) is 0 Å². The van der Waals surface area contributed by atoms with E-state index in [1.807, 2.05) is 6.07 Å². The maximum Gasteiger partial charge on any atom is 0.351 e. The zero-order chi connectivity index (χ0) is 22.5. The lowest BCUT2D eigenvalue weighted by Crippen LogP contribution is -2.20. The quantitative estimate of drug-likeness (QED) is 0.283. The SMILES string of the molecule is O=C(COC(=O)c1cc2ccccc2oc1=O)c1ccc(NC(=O)c2ccccc2)cc1. The zero-order valence-corrected chi connectivity index (χ0v) is 16.7. The third-order valence-corrected chi connectivity index (χ3v) is 4.70. The van der Waals surface area contributed by atoms with Crippen molar-refractivity contribution < 1.29 is 23.5 Å². The highest BCUT2D eigenvalue weighted by atomic mass is 16.5. The first-order chi connectivity index (χ1) is 15.5. The van der Waals surface area contributed by atoms with Crippen molar-refractivity contribution in [1.29, 1.82) is 0 Å². The smallest absolute Gasteiger partial charge is 0.351 e. The summed E-state index contributed by atoms with van der Waals surface area (Å²) in [6, 6.07) is 23.0. The van der Waals surface area contributed by atoms with Crippen LogP contribution in [-0.2, 0) is 4.74 Å². The van der Waals surface area contributed by atoms with Crippen molar-refractivity contribution in [2.24, 2.45) is 0 Å². The van der Waals surface area contributed by atoms with Crippen molar-refractivity contribution in [2.45, 2.75) is 0 Å². The molecule has 7 nitrogen and oxygen atoms in total. The van der Waals surface area contributed by atoms with Crippen LogP contribution in [0.4, 0.5) is 5.69 Å². The Morgan fingerprint density at radius 2 is 1.50 bits per heavy atom. The van der Waals surface area contributed by atoms with Crippen LogP contribution >= 0.6 is 0 Å². The molecule has 0 aliphatic heterocycles. The molecule has 1 heterocycles. The molecule has 0 aliphatic rings. The Balaban J connectivity index is 1.38. The molecular formula is C25H17NO6. The molecule has 1 N–H and O–H groups in total. The molecule has 158 valence electrons. The van der Waals surface area contributed by atoms with Crippen LogP contribution in [0, 0.1) is 0 Å². The monoisotopic (exact) mass is 427 g/mol. The van der Waals surface area contributed by atoms with E-state index in [1.54, 1.807) is 60.7 Å². The second-order valence-electron chi connectivity index (χ2n) is 6.88. The molecule has 0 unspecified atom stereocenters. The molecule has 0 aliphatic carbocycles. The Morgan fingerprint density at radius 1 is 0.812 bits per heavy atom. The molecule has 3 aromatic carbocycles. The molecule has 1 aromatic heterocycles. The van der Waals surface area contributed by atoms with Crippen molar-refractivity contribution in [2.75, 3.05) is 11.9 Å². The molecule has 0 saturated heterocycles. The minimum Gasteiger partial charge on any atom is -0.453 e. The van der Waals surface area contributed by atoms with Crippen molar-refractivity contribution in [3.8, 4) is 0 Å². The summed E-state index contributed by atoms with van der Waals surface area (Å²) < 4.78 is 10.1. The number of amides is 1. The fraction of sp³-hybridized carbons (Fsp3) is 0.0400. The fourth-order valence-electron chi connectivity index (χ4n) is 3.03. The van der Waals surface area contributed by atoms with Crippen LogP contribution in [-0.4, -0.2) is 24.3 Å². The Hall–Kier alpha value is -4.52. The number of anilines is 1. The van der Waals surface area contributed by atoms with Gasteiger partial charge in [-0.15, -0.1) is 0 Å². The number of ketones is 1. The van der Waals surface area contributed by atoms with Gasteiger partial charge in [0.25, 0.3) is 5.91 Å². The summed E-state index contributed by atoms with van der Waals surface area (Å²) >= 11 is 0. The van der Waals surface area contributed by atoms with E-state index in [1.165, 1.54) is 18.2 Å². The molecule has 32 heavy (non-hydrogen) atoms. The van der Waals surface area contributed by atoms with Gasteiger partial charge in [-0.05, 0) is 48.5 Å². The van der Waals surface area contributed by atoms with E-state index in [0.717, 1.165) is 0 Å². The van der Waals surface area contributed by atoms with Gasteiger partial charge >= 0.3 is 11.6 Å². The Labute approximate surface area is 182 Å². The van der Waals surface area contributed by atoms with Crippen LogP contribution in [0.15, 0.2) is 94.1 Å². The number of nitrogens with one attached hydrogen (secondary N) is 1. The number of hydrogen-bond donors (Lipinski definition) is 1. The summed E-state index contributed by atoms with van der Waals surface area (Å²) in [4.78, 5) is 48.9. The van der Waals surface area contributed by atoms with Crippen molar-refractivity contribution >= 4 is 34.3 Å². The molecule has 0 bridgehead atoms. The predicted molar refractivity (Wildman–Crippen MR) is 118 cm³/mol. The van der Waals surface area contributed by atoms with E-state index in [4.69, 9.17) is 9.15 Å². The van der Waals surface area contributed by atoms with E-state index in [2.05, 4.69) is 5.32 Å². The molecule has 0 radical (unpaired) electrons. The van der Waals surface area contributed by atoms with Crippen LogP contribution in [0.5, 0.6) is 0 Å². The molecular weight excluding hydrogens is 410 g/mol. The average Bonchev–Trinajstić information content (AvgIpc) is 2.83. The second-order valence-corrected chi connectivity index (χ2v) is 6.88. The van der Waals surface area contributed by atoms with Crippen LogP contribution in [0.25, 0.3) is 11.0 Å². The van der Waals surface area contributed by atoms with Gasteiger partial charge in [-0.2, -0.15) is 0 Å². The van der Waals surface area contributed by atoms with Gasteiger partial charge in [-0.1, -0.05) is 36.4 Å². The van der Waals surface area contributed by atoms with E-state index in [0.29, 0.717) is 27.8 Å². The zero-order valence-electron chi connectivity index (χ0n) is 16.7. The first kappa shape index (κ1) is 20.7. The summed E-state index contributed by atoms with van der Waals surface area (Å²) in [5, 5.41) is 3.30. The first-order valence-electron chi connectivity index (χ1n) is 9.71. The van der Waals surface area contributed by atoms with Crippen LogP contribution < -0.4 is 10.9 Å². The number of carbonyl (C=O) groups is 3. The molecule has 4 aromatic rings. The Morgan fingerprint density at radius 3 is 2.25 bits per heavy atom.